The van der Waals surface area contributed by atoms with Gasteiger partial charge >= 0.3 is 0 Å². The lowest BCUT2D eigenvalue weighted by Gasteiger charge is -2.25. The smallest absolute Gasteiger partial charge is 0.267 e. The van der Waals surface area contributed by atoms with Gasteiger partial charge in [-0.1, -0.05) is 17.7 Å². The molecule has 0 atom stereocenters. The minimum atomic E-state index is -1.12. The third-order valence-corrected chi connectivity index (χ3v) is 3.43. The Labute approximate surface area is 134 Å². The number of rotatable bonds is 4. The zero-order chi connectivity index (χ0) is 16.3. The first-order chi connectivity index (χ1) is 10.3. The minimum Gasteiger partial charge on any atom is -0.478 e. The van der Waals surface area contributed by atoms with Crippen LogP contribution in [-0.2, 0) is 4.79 Å². The molecular weight excluding hydrogens is 305 g/mol. The monoisotopic (exact) mass is 321 g/mol. The van der Waals surface area contributed by atoms with Crippen molar-refractivity contribution in [2.24, 2.45) is 0 Å². The zero-order valence-electron chi connectivity index (χ0n) is 12.6. The summed E-state index contributed by atoms with van der Waals surface area (Å²) in [5.41, 5.74) is 0.0851. The lowest BCUT2D eigenvalue weighted by Crippen LogP contribution is -2.42. The topological polar surface area (TPSA) is 38.3 Å². The van der Waals surface area contributed by atoms with Crippen LogP contribution in [0.25, 0.3) is 0 Å². The van der Waals surface area contributed by atoms with Crippen LogP contribution in [0, 0.1) is 12.7 Å². The van der Waals surface area contributed by atoms with Gasteiger partial charge < -0.3 is 10.1 Å². The van der Waals surface area contributed by atoms with Crippen molar-refractivity contribution in [3.05, 3.63) is 58.9 Å². The van der Waals surface area contributed by atoms with Crippen LogP contribution in [0.4, 0.5) is 10.1 Å². The van der Waals surface area contributed by atoms with Crippen LogP contribution in [0.2, 0.25) is 5.02 Å². The fourth-order valence-corrected chi connectivity index (χ4v) is 1.97. The van der Waals surface area contributed by atoms with Gasteiger partial charge in [0.2, 0.25) is 0 Å². The van der Waals surface area contributed by atoms with Gasteiger partial charge in [-0.2, -0.15) is 0 Å². The highest BCUT2D eigenvalue weighted by atomic mass is 35.5. The van der Waals surface area contributed by atoms with Gasteiger partial charge in [-0.15, -0.1) is 0 Å². The van der Waals surface area contributed by atoms with Gasteiger partial charge in [-0.25, -0.2) is 4.39 Å². The summed E-state index contributed by atoms with van der Waals surface area (Å²) in [5, 5.41) is 3.28. The third kappa shape index (κ3) is 3.98. The number of hydrogen-bond acceptors (Lipinski definition) is 2. The van der Waals surface area contributed by atoms with Gasteiger partial charge in [-0.3, -0.25) is 4.79 Å². The first-order valence-corrected chi connectivity index (χ1v) is 7.18. The Kier molecular flexibility index (Phi) is 4.71. The molecule has 2 aromatic rings. The van der Waals surface area contributed by atoms with Crippen LogP contribution in [-0.4, -0.2) is 11.5 Å². The summed E-state index contributed by atoms with van der Waals surface area (Å²) >= 11 is 5.81. The highest BCUT2D eigenvalue weighted by Gasteiger charge is 2.30. The van der Waals surface area contributed by atoms with Crippen molar-refractivity contribution in [3.63, 3.8) is 0 Å². The Morgan fingerprint density at radius 2 is 1.82 bits per heavy atom. The van der Waals surface area contributed by atoms with Gasteiger partial charge in [0.25, 0.3) is 5.91 Å². The van der Waals surface area contributed by atoms with Gasteiger partial charge in [0.1, 0.15) is 11.6 Å². The van der Waals surface area contributed by atoms with Crippen LogP contribution in [0.3, 0.4) is 0 Å². The number of aryl methyl sites for hydroxylation is 1. The van der Waals surface area contributed by atoms with E-state index in [-0.39, 0.29) is 5.91 Å². The van der Waals surface area contributed by atoms with E-state index >= 15 is 0 Å². The second-order valence-corrected chi connectivity index (χ2v) is 5.92. The number of anilines is 1. The molecule has 0 spiro atoms. The summed E-state index contributed by atoms with van der Waals surface area (Å²) in [7, 11) is 0. The molecule has 0 saturated carbocycles. The van der Waals surface area contributed by atoms with E-state index in [1.54, 1.807) is 51.1 Å². The molecule has 3 nitrogen and oxygen atoms in total. The Bertz CT molecular complexity index is 684. The molecule has 0 heterocycles. The van der Waals surface area contributed by atoms with E-state index in [0.29, 0.717) is 16.5 Å². The molecule has 0 saturated heterocycles. The summed E-state index contributed by atoms with van der Waals surface area (Å²) in [6.45, 7) is 5.08. The Morgan fingerprint density at radius 3 is 2.45 bits per heavy atom. The number of amides is 1. The second kappa shape index (κ2) is 6.36. The average Bonchev–Trinajstić information content (AvgIpc) is 2.45. The SMILES string of the molecule is Cc1ccc(F)cc1NC(=O)C(C)(C)Oc1ccc(Cl)cc1. The normalized spacial score (nSPS) is 11.1. The number of hydrogen-bond donors (Lipinski definition) is 1. The zero-order valence-corrected chi connectivity index (χ0v) is 13.4. The highest BCUT2D eigenvalue weighted by Crippen LogP contribution is 2.23. The van der Waals surface area contributed by atoms with Crippen LogP contribution in [0.5, 0.6) is 5.75 Å². The van der Waals surface area contributed by atoms with E-state index in [4.69, 9.17) is 16.3 Å². The predicted octanol–water partition coefficient (Wildman–Crippen LogP) is 4.58. The summed E-state index contributed by atoms with van der Waals surface area (Å²) in [6, 6.07) is 11.0. The quantitative estimate of drug-likeness (QED) is 0.895. The molecule has 0 aliphatic rings. The lowest BCUT2D eigenvalue weighted by atomic mass is 10.1. The molecular formula is C17H17ClFNO2. The van der Waals surface area contributed by atoms with Crippen molar-refractivity contribution in [2.75, 3.05) is 5.32 Å². The maximum absolute atomic E-state index is 13.3. The van der Waals surface area contributed by atoms with Crippen molar-refractivity contribution in [1.82, 2.24) is 0 Å². The van der Waals surface area contributed by atoms with Crippen LogP contribution in [0.1, 0.15) is 19.4 Å². The molecule has 22 heavy (non-hydrogen) atoms. The van der Waals surface area contributed by atoms with E-state index in [2.05, 4.69) is 5.32 Å². The maximum Gasteiger partial charge on any atom is 0.267 e. The molecule has 1 amide bonds. The summed E-state index contributed by atoms with van der Waals surface area (Å²) in [4.78, 5) is 12.4. The molecule has 0 aliphatic heterocycles. The van der Waals surface area contributed by atoms with E-state index in [0.717, 1.165) is 5.56 Å². The summed E-state index contributed by atoms with van der Waals surface area (Å²) in [6.07, 6.45) is 0. The fraction of sp³-hybridized carbons (Fsp3) is 0.235. The van der Waals surface area contributed by atoms with Gasteiger partial charge in [0.05, 0.1) is 0 Å². The number of ether oxygens (including phenoxy) is 1. The molecule has 0 unspecified atom stereocenters. The molecule has 116 valence electrons. The first kappa shape index (κ1) is 16.3. The predicted molar refractivity (Wildman–Crippen MR) is 85.9 cm³/mol. The average molecular weight is 322 g/mol. The molecule has 2 aromatic carbocycles. The molecule has 0 fully saturated rings. The number of halogens is 2. The van der Waals surface area contributed by atoms with Gasteiger partial charge in [-0.05, 0) is 62.7 Å². The molecule has 0 bridgehead atoms. The van der Waals surface area contributed by atoms with E-state index in [1.807, 2.05) is 0 Å². The van der Waals surface area contributed by atoms with Gasteiger partial charge in [0.15, 0.2) is 5.60 Å². The number of carbonyl (C=O) groups is 1. The second-order valence-electron chi connectivity index (χ2n) is 5.48. The molecule has 0 aromatic heterocycles. The first-order valence-electron chi connectivity index (χ1n) is 6.80. The number of carbonyl (C=O) groups excluding carboxylic acids is 1. The largest absolute Gasteiger partial charge is 0.478 e. The highest BCUT2D eigenvalue weighted by molar-refractivity contribution is 6.30. The minimum absolute atomic E-state index is 0.365. The number of nitrogens with one attached hydrogen (secondary N) is 1. The van der Waals surface area contributed by atoms with E-state index in [9.17, 15) is 9.18 Å². The van der Waals surface area contributed by atoms with Crippen molar-refractivity contribution in [3.8, 4) is 5.75 Å². The maximum atomic E-state index is 13.3. The lowest BCUT2D eigenvalue weighted by molar-refractivity contribution is -0.128. The Balaban J connectivity index is 2.13. The van der Waals surface area contributed by atoms with Crippen LogP contribution >= 0.6 is 11.6 Å². The molecule has 0 radical (unpaired) electrons. The molecule has 5 heteroatoms. The third-order valence-electron chi connectivity index (χ3n) is 3.18. The van der Waals surface area contributed by atoms with E-state index < -0.39 is 11.4 Å². The standard InChI is InChI=1S/C17H17ClFNO2/c1-11-4-7-13(19)10-15(11)20-16(21)17(2,3)22-14-8-5-12(18)6-9-14/h4-10H,1-3H3,(H,20,21). The molecule has 1 N–H and O–H groups in total. The van der Waals surface area contributed by atoms with Crippen LogP contribution in [0.15, 0.2) is 42.5 Å². The van der Waals surface area contributed by atoms with E-state index in [1.165, 1.54) is 12.1 Å². The van der Waals surface area contributed by atoms with Crippen molar-refractivity contribution in [2.45, 2.75) is 26.4 Å². The fourth-order valence-electron chi connectivity index (χ4n) is 1.85. The van der Waals surface area contributed by atoms with Crippen molar-refractivity contribution in [1.29, 1.82) is 0 Å². The number of benzene rings is 2. The summed E-state index contributed by atoms with van der Waals surface area (Å²) < 4.78 is 19.0. The molecule has 2 rings (SSSR count). The molecule has 0 aliphatic carbocycles. The van der Waals surface area contributed by atoms with Crippen LogP contribution < -0.4 is 10.1 Å². The van der Waals surface area contributed by atoms with Gasteiger partial charge in [0, 0.05) is 10.7 Å². The Hall–Kier alpha value is -2.07. The Morgan fingerprint density at radius 1 is 1.18 bits per heavy atom. The summed E-state index contributed by atoms with van der Waals surface area (Å²) in [5.74, 6) is -0.242. The van der Waals surface area contributed by atoms with Crippen molar-refractivity contribution >= 4 is 23.2 Å². The van der Waals surface area contributed by atoms with Crippen molar-refractivity contribution < 1.29 is 13.9 Å².